The Hall–Kier alpha value is -1.20. The van der Waals surface area contributed by atoms with Crippen LogP contribution in [0.4, 0.5) is 0 Å². The lowest BCUT2D eigenvalue weighted by molar-refractivity contribution is -0.158. The second-order valence-corrected chi connectivity index (χ2v) is 18.4. The van der Waals surface area contributed by atoms with Gasteiger partial charge in [0.2, 0.25) is 0 Å². The van der Waals surface area contributed by atoms with E-state index in [1.54, 1.807) is 11.8 Å². The van der Waals surface area contributed by atoms with Crippen LogP contribution in [0.2, 0.25) is 5.04 Å². The van der Waals surface area contributed by atoms with E-state index in [0.717, 1.165) is 0 Å². The number of benzene rings is 3. The quantitative estimate of drug-likeness (QED) is 0.167. The molecular weight excluding hydrogens is 623 g/mol. The summed E-state index contributed by atoms with van der Waals surface area (Å²) in [5.41, 5.74) is -0.0792. The largest absolute Gasteiger partial charge is 0.405 e. The molecular formula is C31H37IO4SSi. The van der Waals surface area contributed by atoms with Crippen molar-refractivity contribution in [2.75, 3.05) is 6.61 Å². The summed E-state index contributed by atoms with van der Waals surface area (Å²) in [6, 6.07) is 32.0. The Bertz CT molecular complexity index is 1150. The van der Waals surface area contributed by atoms with Gasteiger partial charge in [-0.25, -0.2) is 0 Å². The van der Waals surface area contributed by atoms with Crippen LogP contribution in [-0.4, -0.2) is 48.4 Å². The predicted octanol–water partition coefficient (Wildman–Crippen LogP) is 6.40. The highest BCUT2D eigenvalue weighted by Crippen LogP contribution is 2.45. The highest BCUT2D eigenvalue weighted by Gasteiger charge is 2.56. The maximum atomic E-state index is 7.28. The normalized spacial score (nSPS) is 27.2. The van der Waals surface area contributed by atoms with Crippen LogP contribution in [0.15, 0.2) is 95.9 Å². The van der Waals surface area contributed by atoms with Crippen LogP contribution in [0.25, 0.3) is 0 Å². The smallest absolute Gasteiger partial charge is 0.261 e. The lowest BCUT2D eigenvalue weighted by atomic mass is 10.0. The minimum atomic E-state index is -2.71. The zero-order valence-corrected chi connectivity index (χ0v) is 26.6. The summed E-state index contributed by atoms with van der Waals surface area (Å²) in [7, 11) is -2.71. The molecule has 0 spiro atoms. The van der Waals surface area contributed by atoms with Crippen molar-refractivity contribution >= 4 is 53.0 Å². The van der Waals surface area contributed by atoms with E-state index in [-0.39, 0.29) is 32.7 Å². The number of hydrogen-bond acceptors (Lipinski definition) is 5. The molecule has 2 aliphatic heterocycles. The van der Waals surface area contributed by atoms with Gasteiger partial charge in [0.1, 0.15) is 23.7 Å². The Morgan fingerprint density at radius 3 is 1.84 bits per heavy atom. The van der Waals surface area contributed by atoms with Crippen molar-refractivity contribution in [1.29, 1.82) is 0 Å². The van der Waals surface area contributed by atoms with Gasteiger partial charge in [0.25, 0.3) is 8.32 Å². The third-order valence-electron chi connectivity index (χ3n) is 7.29. The van der Waals surface area contributed by atoms with Gasteiger partial charge in [-0.1, -0.05) is 134 Å². The molecule has 5 rings (SSSR count). The molecule has 38 heavy (non-hydrogen) atoms. The Labute approximate surface area is 246 Å². The highest BCUT2D eigenvalue weighted by atomic mass is 127. The summed E-state index contributed by atoms with van der Waals surface area (Å²) in [6.07, 6.45) is -0.526. The molecule has 0 unspecified atom stereocenters. The van der Waals surface area contributed by atoms with E-state index in [9.17, 15) is 0 Å². The van der Waals surface area contributed by atoms with Crippen molar-refractivity contribution in [3.63, 3.8) is 0 Å². The van der Waals surface area contributed by atoms with Crippen LogP contribution in [0.1, 0.15) is 34.6 Å². The van der Waals surface area contributed by atoms with Gasteiger partial charge in [-0.05, 0) is 41.4 Å². The fourth-order valence-corrected chi connectivity index (χ4v) is 12.5. The molecule has 202 valence electrons. The maximum absolute atomic E-state index is 7.28. The van der Waals surface area contributed by atoms with Gasteiger partial charge >= 0.3 is 0 Å². The van der Waals surface area contributed by atoms with E-state index < -0.39 is 14.1 Å². The summed E-state index contributed by atoms with van der Waals surface area (Å²) < 4.78 is 27.2. The first-order valence-electron chi connectivity index (χ1n) is 13.2. The first-order valence-corrected chi connectivity index (χ1v) is 17.3. The molecule has 0 aliphatic carbocycles. The van der Waals surface area contributed by atoms with Crippen molar-refractivity contribution in [3.05, 3.63) is 91.0 Å². The molecule has 7 heteroatoms. The zero-order valence-electron chi connectivity index (χ0n) is 22.7. The number of halogens is 1. The van der Waals surface area contributed by atoms with Crippen molar-refractivity contribution in [1.82, 2.24) is 0 Å². The number of rotatable bonds is 7. The van der Waals surface area contributed by atoms with Gasteiger partial charge < -0.3 is 18.6 Å². The average Bonchev–Trinajstić information content (AvgIpc) is 3.23. The molecule has 2 heterocycles. The first-order chi connectivity index (χ1) is 18.1. The predicted molar refractivity (Wildman–Crippen MR) is 166 cm³/mol. The second kappa shape index (κ2) is 11.3. The topological polar surface area (TPSA) is 36.9 Å². The van der Waals surface area contributed by atoms with Gasteiger partial charge in [0.05, 0.1) is 10.5 Å². The van der Waals surface area contributed by atoms with E-state index in [1.165, 1.54) is 15.3 Å². The Balaban J connectivity index is 1.49. The number of thioether (sulfide) groups is 1. The summed E-state index contributed by atoms with van der Waals surface area (Å²) >= 11 is 4.23. The molecule has 2 fully saturated rings. The maximum Gasteiger partial charge on any atom is 0.261 e. The highest BCUT2D eigenvalue weighted by molar-refractivity contribution is 14.1. The van der Waals surface area contributed by atoms with E-state index >= 15 is 0 Å². The van der Waals surface area contributed by atoms with Gasteiger partial charge in [0.15, 0.2) is 5.79 Å². The number of fused-ring (bicyclic) bond motifs is 1. The van der Waals surface area contributed by atoms with Gasteiger partial charge in [-0.15, -0.1) is 0 Å². The summed E-state index contributed by atoms with van der Waals surface area (Å²) in [5, 5.41) is 2.41. The Kier molecular flexibility index (Phi) is 8.46. The molecule has 0 amide bonds. The molecule has 0 aromatic heterocycles. The fourth-order valence-electron chi connectivity index (χ4n) is 5.66. The molecule has 3 aromatic carbocycles. The third kappa shape index (κ3) is 5.66. The van der Waals surface area contributed by atoms with E-state index in [2.05, 4.69) is 128 Å². The lowest BCUT2D eigenvalue weighted by Crippen LogP contribution is -2.68. The second-order valence-electron chi connectivity index (χ2n) is 11.5. The molecule has 2 aliphatic rings. The summed E-state index contributed by atoms with van der Waals surface area (Å²) in [5.74, 6) is -0.663. The van der Waals surface area contributed by atoms with Gasteiger partial charge in [-0.3, -0.25) is 0 Å². The minimum absolute atomic E-state index is 0.0756. The SMILES string of the molecule is CC1(C)O[C@@H]2[C@H](I)[C@@H](Sc3ccccc3)O[C@H](CO[Si](c3ccccc3)(c3ccccc3)C(C)(C)C)[C@@H]2O1. The molecule has 4 nitrogen and oxygen atoms in total. The van der Waals surface area contributed by atoms with Crippen molar-refractivity contribution in [2.45, 2.75) is 78.0 Å². The molecule has 5 atom stereocenters. The molecule has 3 aromatic rings. The number of hydrogen-bond donors (Lipinski definition) is 0. The van der Waals surface area contributed by atoms with Crippen LogP contribution < -0.4 is 10.4 Å². The van der Waals surface area contributed by atoms with Gasteiger partial charge in [0, 0.05) is 4.90 Å². The molecule has 0 radical (unpaired) electrons. The van der Waals surface area contributed by atoms with E-state index in [4.69, 9.17) is 18.6 Å². The fraction of sp³-hybridized carbons (Fsp3) is 0.419. The summed E-state index contributed by atoms with van der Waals surface area (Å²) in [4.78, 5) is 1.18. The third-order valence-corrected chi connectivity index (χ3v) is 15.3. The first kappa shape index (κ1) is 28.3. The standard InChI is InChI=1S/C31H37IO4SSi/c1-30(2,3)38(23-17-11-7-12-18-23,24-19-13-8-14-20-24)33-21-25-27-28(36-31(4,5)35-27)26(32)29(34-25)37-22-15-9-6-10-16-22/h6-20,25-29H,21H2,1-5H3/t25-,26+,27+,28-,29-/m1/s1. The monoisotopic (exact) mass is 660 g/mol. The van der Waals surface area contributed by atoms with Crippen molar-refractivity contribution in [3.8, 4) is 0 Å². The molecule has 0 bridgehead atoms. The van der Waals surface area contributed by atoms with Crippen molar-refractivity contribution < 1.29 is 18.6 Å². The van der Waals surface area contributed by atoms with E-state index in [1.807, 2.05) is 19.9 Å². The number of ether oxygens (including phenoxy) is 3. The zero-order chi connectivity index (χ0) is 27.0. The van der Waals surface area contributed by atoms with Crippen LogP contribution in [0, 0.1) is 0 Å². The Morgan fingerprint density at radius 1 is 0.816 bits per heavy atom. The van der Waals surface area contributed by atoms with Gasteiger partial charge in [-0.2, -0.15) is 0 Å². The van der Waals surface area contributed by atoms with E-state index in [0.29, 0.717) is 6.61 Å². The average molecular weight is 661 g/mol. The summed E-state index contributed by atoms with van der Waals surface area (Å²) in [6.45, 7) is 11.3. The van der Waals surface area contributed by atoms with Crippen LogP contribution in [0.3, 0.4) is 0 Å². The Morgan fingerprint density at radius 2 is 1.32 bits per heavy atom. The lowest BCUT2D eigenvalue weighted by Gasteiger charge is -2.45. The van der Waals surface area contributed by atoms with Crippen LogP contribution in [0.5, 0.6) is 0 Å². The molecule has 0 N–H and O–H groups in total. The minimum Gasteiger partial charge on any atom is -0.405 e. The van der Waals surface area contributed by atoms with Crippen molar-refractivity contribution in [2.24, 2.45) is 0 Å². The molecule has 2 saturated heterocycles. The van der Waals surface area contributed by atoms with Crippen LogP contribution in [-0.2, 0) is 18.6 Å². The number of alkyl halides is 1. The van der Waals surface area contributed by atoms with Crippen LogP contribution >= 0.6 is 34.4 Å². The molecule has 0 saturated carbocycles.